The van der Waals surface area contributed by atoms with Gasteiger partial charge < -0.3 is 15.7 Å². The number of aliphatic carboxylic acids is 1. The number of carboxylic acid groups (broad SMARTS) is 1. The molecule has 0 radical (unpaired) electrons. The van der Waals surface area contributed by atoms with E-state index < -0.39 is 11.5 Å². The van der Waals surface area contributed by atoms with E-state index in [1.54, 1.807) is 4.90 Å². The van der Waals surface area contributed by atoms with Gasteiger partial charge in [-0.2, -0.15) is 0 Å². The standard InChI is InChI=1S/C13H22N2O3/c14-13(12(17)18)7-8-15(9-13)11(16)10-5-3-1-2-4-6-10/h10H,1-9,14H2,(H,17,18). The normalized spacial score (nSPS) is 30.2. The summed E-state index contributed by atoms with van der Waals surface area (Å²) in [4.78, 5) is 25.1. The van der Waals surface area contributed by atoms with Gasteiger partial charge in [0.25, 0.3) is 0 Å². The van der Waals surface area contributed by atoms with E-state index in [1.165, 1.54) is 12.8 Å². The van der Waals surface area contributed by atoms with Crippen molar-refractivity contribution < 1.29 is 14.7 Å². The molecule has 1 saturated heterocycles. The summed E-state index contributed by atoms with van der Waals surface area (Å²) in [6.07, 6.45) is 6.88. The van der Waals surface area contributed by atoms with Gasteiger partial charge in [0.2, 0.25) is 5.91 Å². The second-order valence-corrected chi connectivity index (χ2v) is 5.66. The van der Waals surface area contributed by atoms with E-state index >= 15 is 0 Å². The van der Waals surface area contributed by atoms with Crippen LogP contribution in [0.1, 0.15) is 44.9 Å². The van der Waals surface area contributed by atoms with Crippen LogP contribution in [0.5, 0.6) is 0 Å². The Morgan fingerprint density at radius 1 is 1.17 bits per heavy atom. The van der Waals surface area contributed by atoms with Gasteiger partial charge in [-0.3, -0.25) is 9.59 Å². The monoisotopic (exact) mass is 254 g/mol. The topological polar surface area (TPSA) is 83.6 Å². The lowest BCUT2D eigenvalue weighted by molar-refractivity contribution is -0.143. The zero-order valence-corrected chi connectivity index (χ0v) is 10.7. The Bertz CT molecular complexity index is 337. The smallest absolute Gasteiger partial charge is 0.325 e. The predicted octanol–water partition coefficient (Wildman–Crippen LogP) is 0.971. The Balaban J connectivity index is 1.96. The molecule has 0 bridgehead atoms. The molecule has 0 aromatic rings. The van der Waals surface area contributed by atoms with E-state index in [-0.39, 0.29) is 18.4 Å². The summed E-state index contributed by atoms with van der Waals surface area (Å²) >= 11 is 0. The fraction of sp³-hybridized carbons (Fsp3) is 0.846. The summed E-state index contributed by atoms with van der Waals surface area (Å²) in [7, 11) is 0. The number of amides is 1. The molecule has 1 unspecified atom stereocenters. The number of hydrogen-bond donors (Lipinski definition) is 2. The lowest BCUT2D eigenvalue weighted by Gasteiger charge is -2.24. The van der Waals surface area contributed by atoms with Gasteiger partial charge in [0, 0.05) is 19.0 Å². The largest absolute Gasteiger partial charge is 0.480 e. The van der Waals surface area contributed by atoms with Crippen molar-refractivity contribution in [2.24, 2.45) is 11.7 Å². The molecule has 0 aromatic carbocycles. The van der Waals surface area contributed by atoms with E-state index in [2.05, 4.69) is 0 Å². The third-order valence-electron chi connectivity index (χ3n) is 4.24. The first kappa shape index (κ1) is 13.3. The van der Waals surface area contributed by atoms with Crippen molar-refractivity contribution in [2.75, 3.05) is 13.1 Å². The highest BCUT2D eigenvalue weighted by molar-refractivity contribution is 5.84. The van der Waals surface area contributed by atoms with Crippen molar-refractivity contribution in [3.63, 3.8) is 0 Å². The summed E-state index contributed by atoms with van der Waals surface area (Å²) in [5, 5.41) is 9.06. The summed E-state index contributed by atoms with van der Waals surface area (Å²) in [5.74, 6) is -0.798. The third-order valence-corrected chi connectivity index (χ3v) is 4.24. The first-order chi connectivity index (χ1) is 8.53. The zero-order valence-electron chi connectivity index (χ0n) is 10.7. The number of rotatable bonds is 2. The molecular weight excluding hydrogens is 232 g/mol. The van der Waals surface area contributed by atoms with Crippen LogP contribution in [0.25, 0.3) is 0 Å². The van der Waals surface area contributed by atoms with Gasteiger partial charge in [-0.15, -0.1) is 0 Å². The molecule has 1 heterocycles. The molecule has 102 valence electrons. The molecule has 1 atom stereocenters. The predicted molar refractivity (Wildman–Crippen MR) is 66.9 cm³/mol. The van der Waals surface area contributed by atoms with Gasteiger partial charge >= 0.3 is 5.97 Å². The van der Waals surface area contributed by atoms with Crippen molar-refractivity contribution in [3.8, 4) is 0 Å². The Morgan fingerprint density at radius 2 is 1.78 bits per heavy atom. The van der Waals surface area contributed by atoms with Crippen LogP contribution in [0.2, 0.25) is 0 Å². The van der Waals surface area contributed by atoms with Crippen molar-refractivity contribution in [1.29, 1.82) is 0 Å². The van der Waals surface area contributed by atoms with Crippen molar-refractivity contribution in [2.45, 2.75) is 50.5 Å². The van der Waals surface area contributed by atoms with E-state index in [4.69, 9.17) is 10.8 Å². The van der Waals surface area contributed by atoms with Crippen molar-refractivity contribution >= 4 is 11.9 Å². The molecule has 0 aromatic heterocycles. The van der Waals surface area contributed by atoms with Crippen LogP contribution < -0.4 is 5.73 Å². The van der Waals surface area contributed by atoms with Crippen molar-refractivity contribution in [1.82, 2.24) is 4.90 Å². The van der Waals surface area contributed by atoms with Gasteiger partial charge in [0.1, 0.15) is 5.54 Å². The van der Waals surface area contributed by atoms with Crippen LogP contribution >= 0.6 is 0 Å². The summed E-state index contributed by atoms with van der Waals surface area (Å²) in [6, 6.07) is 0. The quantitative estimate of drug-likeness (QED) is 0.719. The summed E-state index contributed by atoms with van der Waals surface area (Å²) in [5.41, 5.74) is 4.56. The molecule has 5 heteroatoms. The fourth-order valence-corrected chi connectivity index (χ4v) is 2.98. The highest BCUT2D eigenvalue weighted by Gasteiger charge is 2.43. The third kappa shape index (κ3) is 2.66. The highest BCUT2D eigenvalue weighted by atomic mass is 16.4. The van der Waals surface area contributed by atoms with Crippen LogP contribution in [0, 0.1) is 5.92 Å². The fourth-order valence-electron chi connectivity index (χ4n) is 2.98. The first-order valence-corrected chi connectivity index (χ1v) is 6.84. The molecule has 18 heavy (non-hydrogen) atoms. The number of carbonyl (C=O) groups is 2. The van der Waals surface area contributed by atoms with E-state index in [1.807, 2.05) is 0 Å². The number of carbonyl (C=O) groups excluding carboxylic acids is 1. The van der Waals surface area contributed by atoms with Crippen LogP contribution in [-0.2, 0) is 9.59 Å². The second-order valence-electron chi connectivity index (χ2n) is 5.66. The Labute approximate surface area is 107 Å². The lowest BCUT2D eigenvalue weighted by atomic mass is 9.98. The molecule has 0 spiro atoms. The number of likely N-dealkylation sites (tertiary alicyclic amines) is 1. The zero-order chi connectivity index (χ0) is 13.2. The minimum atomic E-state index is -1.24. The maximum Gasteiger partial charge on any atom is 0.325 e. The minimum Gasteiger partial charge on any atom is -0.480 e. The van der Waals surface area contributed by atoms with Gasteiger partial charge in [-0.25, -0.2) is 0 Å². The average molecular weight is 254 g/mol. The Morgan fingerprint density at radius 3 is 2.28 bits per heavy atom. The SMILES string of the molecule is NC1(C(=O)O)CCN(C(=O)C2CCCCCC2)C1. The van der Waals surface area contributed by atoms with Gasteiger partial charge in [0.15, 0.2) is 0 Å². The molecular formula is C13H22N2O3. The molecule has 1 aliphatic heterocycles. The van der Waals surface area contributed by atoms with Crippen LogP contribution in [0.4, 0.5) is 0 Å². The molecule has 5 nitrogen and oxygen atoms in total. The number of hydrogen-bond acceptors (Lipinski definition) is 3. The maximum absolute atomic E-state index is 12.3. The number of nitrogens with zero attached hydrogens (tertiary/aromatic N) is 1. The van der Waals surface area contributed by atoms with Gasteiger partial charge in [-0.1, -0.05) is 25.7 Å². The molecule has 2 rings (SSSR count). The van der Waals surface area contributed by atoms with E-state index in [0.717, 1.165) is 25.7 Å². The van der Waals surface area contributed by atoms with Crippen LogP contribution in [-0.4, -0.2) is 40.5 Å². The molecule has 1 saturated carbocycles. The lowest BCUT2D eigenvalue weighted by Crippen LogP contribution is -2.51. The average Bonchev–Trinajstić information content (AvgIpc) is 2.59. The maximum atomic E-state index is 12.3. The number of carboxylic acids is 1. The van der Waals surface area contributed by atoms with Gasteiger partial charge in [-0.05, 0) is 19.3 Å². The summed E-state index contributed by atoms with van der Waals surface area (Å²) in [6.45, 7) is 0.649. The minimum absolute atomic E-state index is 0.0867. The summed E-state index contributed by atoms with van der Waals surface area (Å²) < 4.78 is 0. The molecule has 1 aliphatic carbocycles. The van der Waals surface area contributed by atoms with E-state index in [9.17, 15) is 9.59 Å². The Hall–Kier alpha value is -1.10. The van der Waals surface area contributed by atoms with Crippen molar-refractivity contribution in [3.05, 3.63) is 0 Å². The second kappa shape index (κ2) is 5.26. The molecule has 3 N–H and O–H groups in total. The first-order valence-electron chi connectivity index (χ1n) is 6.84. The van der Waals surface area contributed by atoms with E-state index in [0.29, 0.717) is 13.0 Å². The molecule has 2 fully saturated rings. The molecule has 2 aliphatic rings. The van der Waals surface area contributed by atoms with Crippen LogP contribution in [0.3, 0.4) is 0 Å². The molecule has 1 amide bonds. The van der Waals surface area contributed by atoms with Gasteiger partial charge in [0.05, 0.1) is 0 Å². The number of nitrogens with two attached hydrogens (primary N) is 1. The highest BCUT2D eigenvalue weighted by Crippen LogP contribution is 2.27. The Kier molecular flexibility index (Phi) is 3.90. The van der Waals surface area contributed by atoms with Crippen LogP contribution in [0.15, 0.2) is 0 Å².